The highest BCUT2D eigenvalue weighted by Crippen LogP contribution is 2.35. The second-order valence-electron chi connectivity index (χ2n) is 11.7. The van der Waals surface area contributed by atoms with Crippen LogP contribution < -0.4 is 20.3 Å². The molecule has 0 spiro atoms. The van der Waals surface area contributed by atoms with E-state index in [-0.39, 0.29) is 40.2 Å². The maximum atomic E-state index is 15.0. The minimum absolute atomic E-state index is 0.0858. The quantitative estimate of drug-likeness (QED) is 0.396. The topological polar surface area (TPSA) is 139 Å². The van der Waals surface area contributed by atoms with Crippen molar-refractivity contribution in [2.45, 2.75) is 85.0 Å². The lowest BCUT2D eigenvalue weighted by Crippen LogP contribution is -2.52. The number of nitrogens with zero attached hydrogens (tertiary/aromatic N) is 2. The van der Waals surface area contributed by atoms with Gasteiger partial charge in [-0.1, -0.05) is 11.6 Å². The first-order valence-corrected chi connectivity index (χ1v) is 13.9. The Labute approximate surface area is 255 Å². The predicted octanol–water partition coefficient (Wildman–Crippen LogP) is 5.35. The molecule has 3 rings (SSSR count). The van der Waals surface area contributed by atoms with Crippen molar-refractivity contribution in [3.8, 4) is 17.6 Å². The van der Waals surface area contributed by atoms with Gasteiger partial charge in [-0.3, -0.25) is 25.3 Å². The van der Waals surface area contributed by atoms with Crippen LogP contribution in [-0.2, 0) is 9.47 Å². The molecule has 2 aromatic carbocycles. The summed E-state index contributed by atoms with van der Waals surface area (Å²) in [5.41, 5.74) is 2.61. The Bertz CT molecular complexity index is 1430. The predicted molar refractivity (Wildman–Crippen MR) is 155 cm³/mol. The van der Waals surface area contributed by atoms with Gasteiger partial charge >= 0.3 is 6.09 Å². The smallest absolute Gasteiger partial charge is 0.413 e. The van der Waals surface area contributed by atoms with E-state index in [9.17, 15) is 19.6 Å². The molecule has 0 aliphatic carbocycles. The van der Waals surface area contributed by atoms with Crippen LogP contribution in [0, 0.1) is 17.1 Å². The Morgan fingerprint density at radius 3 is 2.40 bits per heavy atom. The zero-order valence-electron chi connectivity index (χ0n) is 25.3. The molecule has 2 atom stereocenters. The first-order chi connectivity index (χ1) is 19.9. The van der Waals surface area contributed by atoms with Gasteiger partial charge in [-0.25, -0.2) is 9.18 Å². The summed E-state index contributed by atoms with van der Waals surface area (Å²) >= 11 is 6.27. The third kappa shape index (κ3) is 8.27. The molecule has 2 aromatic rings. The van der Waals surface area contributed by atoms with Crippen molar-refractivity contribution in [1.82, 2.24) is 15.8 Å². The zero-order valence-corrected chi connectivity index (χ0v) is 26.1. The minimum atomic E-state index is -1.00. The normalized spacial score (nSPS) is 17.7. The molecule has 1 aliphatic rings. The summed E-state index contributed by atoms with van der Waals surface area (Å²) in [4.78, 5) is 39.6. The molecular formula is C30H36ClFN4O7. The number of hydrogen-bond acceptors (Lipinski definition) is 8. The average Bonchev–Trinajstić information content (AvgIpc) is 3.13. The van der Waals surface area contributed by atoms with Crippen molar-refractivity contribution in [3.63, 3.8) is 0 Å². The van der Waals surface area contributed by atoms with E-state index in [0.29, 0.717) is 5.75 Å². The van der Waals surface area contributed by atoms with Gasteiger partial charge in [0, 0.05) is 11.6 Å². The Kier molecular flexibility index (Phi) is 10.1. The van der Waals surface area contributed by atoms with E-state index in [1.54, 1.807) is 55.4 Å². The highest BCUT2D eigenvalue weighted by Gasteiger charge is 2.50. The lowest BCUT2D eigenvalue weighted by atomic mass is 10.1. The van der Waals surface area contributed by atoms with Crippen LogP contribution in [0.15, 0.2) is 30.3 Å². The lowest BCUT2D eigenvalue weighted by molar-refractivity contribution is -0.0760. The van der Waals surface area contributed by atoms with Gasteiger partial charge in [0.2, 0.25) is 0 Å². The summed E-state index contributed by atoms with van der Waals surface area (Å²) in [5.74, 6) is -2.43. The Morgan fingerprint density at radius 1 is 1.14 bits per heavy atom. The van der Waals surface area contributed by atoms with E-state index in [2.05, 4.69) is 10.9 Å². The number of rotatable bonds is 7. The fraction of sp³-hybridized carbons (Fsp3) is 0.467. The summed E-state index contributed by atoms with van der Waals surface area (Å²) < 4.78 is 37.7. The number of halogens is 2. The molecule has 1 heterocycles. The van der Waals surface area contributed by atoms with Gasteiger partial charge in [-0.15, -0.1) is 0 Å². The number of benzene rings is 2. The number of hydrazine groups is 1. The van der Waals surface area contributed by atoms with Gasteiger partial charge in [0.05, 0.1) is 34.4 Å². The molecule has 3 amide bonds. The Hall–Kier alpha value is -4.08. The summed E-state index contributed by atoms with van der Waals surface area (Å²) in [7, 11) is 0. The SMILES string of the molecule is CC(C)Oc1ccc(C(=O)NNC(=O)c2cc(F)c(OC[C@@H]3[C@H](C)OC(C)(C)N3C(=O)OC(C)(C)C)cc2Cl)cc1C#N. The second kappa shape index (κ2) is 13.1. The van der Waals surface area contributed by atoms with Crippen LogP contribution in [0.3, 0.4) is 0 Å². The third-order valence-corrected chi connectivity index (χ3v) is 6.52. The number of nitrogens with one attached hydrogen (secondary N) is 2. The molecule has 11 nitrogen and oxygen atoms in total. The van der Waals surface area contributed by atoms with E-state index < -0.39 is 47.2 Å². The molecule has 0 unspecified atom stereocenters. The minimum Gasteiger partial charge on any atom is -0.490 e. The van der Waals surface area contributed by atoms with Crippen LogP contribution in [-0.4, -0.2) is 59.0 Å². The number of nitriles is 1. The number of ether oxygens (including phenoxy) is 4. The fourth-order valence-corrected chi connectivity index (χ4v) is 4.67. The highest BCUT2D eigenvalue weighted by molar-refractivity contribution is 6.34. The second-order valence-corrected chi connectivity index (χ2v) is 12.1. The van der Waals surface area contributed by atoms with Gasteiger partial charge in [0.25, 0.3) is 11.8 Å². The monoisotopic (exact) mass is 618 g/mol. The van der Waals surface area contributed by atoms with E-state index in [1.165, 1.54) is 23.1 Å². The summed E-state index contributed by atoms with van der Waals surface area (Å²) in [5, 5.41) is 9.23. The molecule has 0 bridgehead atoms. The highest BCUT2D eigenvalue weighted by atomic mass is 35.5. The van der Waals surface area contributed by atoms with Crippen LogP contribution in [0.4, 0.5) is 9.18 Å². The maximum Gasteiger partial charge on any atom is 0.413 e. The average molecular weight is 619 g/mol. The van der Waals surface area contributed by atoms with Crippen LogP contribution in [0.1, 0.15) is 81.7 Å². The van der Waals surface area contributed by atoms with E-state index >= 15 is 4.39 Å². The van der Waals surface area contributed by atoms with Crippen molar-refractivity contribution in [2.75, 3.05) is 6.61 Å². The standard InChI is InChI=1S/C30H36ClFN4O7/c1-16(2)41-24-10-9-18(11-19(24)14-33)26(37)34-35-27(38)20-12-22(32)25(13-21(20)31)40-15-23-17(3)42-30(7,8)36(23)28(39)43-29(4,5)6/h9-13,16-17,23H,15H2,1-8H3,(H,34,37)(H,35,38)/t17-,23+/m0/s1. The first-order valence-electron chi connectivity index (χ1n) is 13.6. The van der Waals surface area contributed by atoms with Crippen LogP contribution in [0.5, 0.6) is 11.5 Å². The molecule has 2 N–H and O–H groups in total. The fourth-order valence-electron chi connectivity index (χ4n) is 4.43. The summed E-state index contributed by atoms with van der Waals surface area (Å²) in [6.45, 7) is 13.9. The van der Waals surface area contributed by atoms with E-state index in [0.717, 1.165) is 12.1 Å². The van der Waals surface area contributed by atoms with E-state index in [4.69, 9.17) is 30.5 Å². The lowest BCUT2D eigenvalue weighted by Gasteiger charge is -2.35. The first kappa shape index (κ1) is 33.4. The molecule has 1 aliphatic heterocycles. The van der Waals surface area contributed by atoms with Crippen molar-refractivity contribution in [2.24, 2.45) is 0 Å². The van der Waals surface area contributed by atoms with Gasteiger partial charge in [0.15, 0.2) is 11.6 Å². The van der Waals surface area contributed by atoms with Crippen LogP contribution >= 0.6 is 11.6 Å². The van der Waals surface area contributed by atoms with Gasteiger partial charge in [0.1, 0.15) is 29.8 Å². The summed E-state index contributed by atoms with van der Waals surface area (Å²) in [6, 6.07) is 7.57. The van der Waals surface area contributed by atoms with Gasteiger partial charge in [-0.05, 0) is 79.7 Å². The molecule has 0 radical (unpaired) electrons. The summed E-state index contributed by atoms with van der Waals surface area (Å²) in [6.07, 6.45) is -1.24. The molecule has 43 heavy (non-hydrogen) atoms. The van der Waals surface area contributed by atoms with Crippen LogP contribution in [0.25, 0.3) is 0 Å². The van der Waals surface area contributed by atoms with Crippen LogP contribution in [0.2, 0.25) is 5.02 Å². The van der Waals surface area contributed by atoms with Crippen molar-refractivity contribution >= 4 is 29.5 Å². The number of amides is 3. The van der Waals surface area contributed by atoms with Gasteiger partial charge in [-0.2, -0.15) is 5.26 Å². The molecule has 13 heteroatoms. The van der Waals surface area contributed by atoms with E-state index in [1.807, 2.05) is 6.07 Å². The molecule has 232 valence electrons. The van der Waals surface area contributed by atoms with Crippen molar-refractivity contribution < 1.29 is 37.7 Å². The maximum absolute atomic E-state index is 15.0. The molecular weight excluding hydrogens is 583 g/mol. The zero-order chi connectivity index (χ0) is 32.3. The number of carbonyl (C=O) groups is 3. The molecule has 0 saturated carbocycles. The molecule has 1 fully saturated rings. The third-order valence-electron chi connectivity index (χ3n) is 6.21. The number of carbonyl (C=O) groups excluding carboxylic acids is 3. The van der Waals surface area contributed by atoms with Crippen molar-refractivity contribution in [3.05, 3.63) is 57.9 Å². The molecule has 0 aromatic heterocycles. The van der Waals surface area contributed by atoms with Gasteiger partial charge < -0.3 is 18.9 Å². The largest absolute Gasteiger partial charge is 0.490 e. The Balaban J connectivity index is 1.68. The molecule has 1 saturated heterocycles. The Morgan fingerprint density at radius 2 is 1.79 bits per heavy atom. The number of hydrogen-bond donors (Lipinski definition) is 2. The van der Waals surface area contributed by atoms with Crippen molar-refractivity contribution in [1.29, 1.82) is 5.26 Å².